The van der Waals surface area contributed by atoms with Gasteiger partial charge in [-0.15, -0.1) is 0 Å². The first-order chi connectivity index (χ1) is 7.48. The highest BCUT2D eigenvalue weighted by Gasteiger charge is 2.18. The molecular weight excluding hydrogens is 228 g/mol. The van der Waals surface area contributed by atoms with Gasteiger partial charge in [0.25, 0.3) is 0 Å². The molecule has 1 aromatic rings. The van der Waals surface area contributed by atoms with Crippen LogP contribution < -0.4 is 4.74 Å². The summed E-state index contributed by atoms with van der Waals surface area (Å²) in [6, 6.07) is 6.32. The molecular formula is C11H16O4S. The molecule has 1 aromatic carbocycles. The van der Waals surface area contributed by atoms with Gasteiger partial charge in [0, 0.05) is 7.11 Å². The van der Waals surface area contributed by atoms with E-state index in [1.54, 1.807) is 38.1 Å². The number of rotatable bonds is 5. The lowest BCUT2D eigenvalue weighted by molar-refractivity contribution is 0.0511. The van der Waals surface area contributed by atoms with Gasteiger partial charge in [-0.2, -0.15) is 0 Å². The molecule has 0 aliphatic carbocycles. The fraction of sp³-hybridized carbons (Fsp3) is 0.455. The van der Waals surface area contributed by atoms with Gasteiger partial charge < -0.3 is 9.47 Å². The van der Waals surface area contributed by atoms with Gasteiger partial charge >= 0.3 is 0 Å². The molecule has 0 atom stereocenters. The van der Waals surface area contributed by atoms with E-state index >= 15 is 0 Å². The SMILES string of the molecule is COCOc1ccc(S(=O)(=O)C(C)C)cc1. The third-order valence-electron chi connectivity index (χ3n) is 2.12. The van der Waals surface area contributed by atoms with Crippen LogP contribution in [0.3, 0.4) is 0 Å². The Morgan fingerprint density at radius 3 is 2.19 bits per heavy atom. The molecule has 0 bridgehead atoms. The minimum Gasteiger partial charge on any atom is -0.468 e. The van der Waals surface area contributed by atoms with Crippen LogP contribution in [0.1, 0.15) is 13.8 Å². The molecule has 16 heavy (non-hydrogen) atoms. The molecule has 0 aliphatic heterocycles. The molecule has 0 fully saturated rings. The molecule has 0 heterocycles. The maximum atomic E-state index is 11.8. The lowest BCUT2D eigenvalue weighted by atomic mass is 10.3. The molecule has 0 saturated heterocycles. The second-order valence-corrected chi connectivity index (χ2v) is 6.12. The number of methoxy groups -OCH3 is 1. The van der Waals surface area contributed by atoms with Crippen LogP contribution in [-0.4, -0.2) is 27.6 Å². The Morgan fingerprint density at radius 2 is 1.75 bits per heavy atom. The highest BCUT2D eigenvalue weighted by molar-refractivity contribution is 7.92. The molecule has 0 radical (unpaired) electrons. The van der Waals surface area contributed by atoms with Gasteiger partial charge in [-0.05, 0) is 38.1 Å². The van der Waals surface area contributed by atoms with E-state index in [2.05, 4.69) is 0 Å². The number of benzene rings is 1. The predicted molar refractivity (Wildman–Crippen MR) is 61.3 cm³/mol. The van der Waals surface area contributed by atoms with Crippen molar-refractivity contribution in [2.24, 2.45) is 0 Å². The molecule has 0 unspecified atom stereocenters. The summed E-state index contributed by atoms with van der Waals surface area (Å²) in [5.74, 6) is 0.588. The summed E-state index contributed by atoms with van der Waals surface area (Å²) >= 11 is 0. The first kappa shape index (κ1) is 13.0. The Morgan fingerprint density at radius 1 is 1.19 bits per heavy atom. The van der Waals surface area contributed by atoms with Crippen LogP contribution in [0.15, 0.2) is 29.2 Å². The van der Waals surface area contributed by atoms with Crippen LogP contribution in [0, 0.1) is 0 Å². The molecule has 4 nitrogen and oxygen atoms in total. The van der Waals surface area contributed by atoms with Crippen molar-refractivity contribution in [2.45, 2.75) is 24.0 Å². The van der Waals surface area contributed by atoms with Crippen molar-refractivity contribution in [2.75, 3.05) is 13.9 Å². The lowest BCUT2D eigenvalue weighted by Crippen LogP contribution is -2.13. The van der Waals surface area contributed by atoms with E-state index in [1.807, 2.05) is 0 Å². The monoisotopic (exact) mass is 244 g/mol. The molecule has 5 heteroatoms. The Bertz CT molecular complexity index is 420. The molecule has 0 N–H and O–H groups in total. The summed E-state index contributed by atoms with van der Waals surface area (Å²) in [6.45, 7) is 3.46. The summed E-state index contributed by atoms with van der Waals surface area (Å²) in [7, 11) is -1.68. The Kier molecular flexibility index (Phi) is 4.32. The molecule has 0 spiro atoms. The first-order valence-corrected chi connectivity index (χ1v) is 6.49. The Balaban J connectivity index is 2.87. The summed E-state index contributed by atoms with van der Waals surface area (Å²) in [4.78, 5) is 0.312. The maximum absolute atomic E-state index is 11.8. The van der Waals surface area contributed by atoms with E-state index < -0.39 is 15.1 Å². The van der Waals surface area contributed by atoms with Crippen LogP contribution in [0.25, 0.3) is 0 Å². The second-order valence-electron chi connectivity index (χ2n) is 3.62. The van der Waals surface area contributed by atoms with Gasteiger partial charge in [0.1, 0.15) is 5.75 Å². The predicted octanol–water partition coefficient (Wildman–Crippen LogP) is 1.85. The van der Waals surface area contributed by atoms with E-state index in [-0.39, 0.29) is 6.79 Å². The zero-order chi connectivity index (χ0) is 12.2. The molecule has 0 aliphatic rings. The minimum absolute atomic E-state index is 0.149. The van der Waals surface area contributed by atoms with E-state index in [1.165, 1.54) is 7.11 Å². The van der Waals surface area contributed by atoms with Gasteiger partial charge in [-0.25, -0.2) is 8.42 Å². The van der Waals surface area contributed by atoms with Gasteiger partial charge in [-0.1, -0.05) is 0 Å². The Labute approximate surface area is 96.1 Å². The van der Waals surface area contributed by atoms with Crippen molar-refractivity contribution in [1.29, 1.82) is 0 Å². The number of sulfone groups is 1. The Hall–Kier alpha value is -1.07. The molecule has 0 aromatic heterocycles. The van der Waals surface area contributed by atoms with Gasteiger partial charge in [-0.3, -0.25) is 0 Å². The summed E-state index contributed by atoms with van der Waals surface area (Å²) in [5.41, 5.74) is 0. The van der Waals surface area contributed by atoms with Crippen molar-refractivity contribution in [3.05, 3.63) is 24.3 Å². The van der Waals surface area contributed by atoms with E-state index in [0.29, 0.717) is 10.6 Å². The quantitative estimate of drug-likeness (QED) is 0.742. The second kappa shape index (κ2) is 5.32. The van der Waals surface area contributed by atoms with Crippen molar-refractivity contribution in [3.63, 3.8) is 0 Å². The van der Waals surface area contributed by atoms with E-state index in [4.69, 9.17) is 9.47 Å². The van der Waals surface area contributed by atoms with Gasteiger partial charge in [0.15, 0.2) is 16.6 Å². The van der Waals surface area contributed by atoms with Crippen LogP contribution in [0.2, 0.25) is 0 Å². The summed E-state index contributed by atoms with van der Waals surface area (Å²) in [6.07, 6.45) is 0. The van der Waals surface area contributed by atoms with E-state index in [0.717, 1.165) is 0 Å². The van der Waals surface area contributed by atoms with Crippen molar-refractivity contribution < 1.29 is 17.9 Å². The maximum Gasteiger partial charge on any atom is 0.188 e. The van der Waals surface area contributed by atoms with Crippen molar-refractivity contribution in [1.82, 2.24) is 0 Å². The normalized spacial score (nSPS) is 11.8. The highest BCUT2D eigenvalue weighted by atomic mass is 32.2. The molecule has 1 rings (SSSR count). The smallest absolute Gasteiger partial charge is 0.188 e. The van der Waals surface area contributed by atoms with Crippen LogP contribution in [0.5, 0.6) is 5.75 Å². The average molecular weight is 244 g/mol. The zero-order valence-electron chi connectivity index (χ0n) is 9.64. The topological polar surface area (TPSA) is 52.6 Å². The van der Waals surface area contributed by atoms with Gasteiger partial charge in [0.05, 0.1) is 10.1 Å². The third-order valence-corrected chi connectivity index (χ3v) is 4.29. The van der Waals surface area contributed by atoms with Crippen LogP contribution in [0.4, 0.5) is 0 Å². The molecule has 0 saturated carbocycles. The third kappa shape index (κ3) is 2.96. The molecule has 0 amide bonds. The zero-order valence-corrected chi connectivity index (χ0v) is 10.5. The number of hydrogen-bond donors (Lipinski definition) is 0. The highest BCUT2D eigenvalue weighted by Crippen LogP contribution is 2.19. The first-order valence-electron chi connectivity index (χ1n) is 4.94. The van der Waals surface area contributed by atoms with Crippen LogP contribution in [-0.2, 0) is 14.6 Å². The molecule has 90 valence electrons. The standard InChI is InChI=1S/C11H16O4S/c1-9(2)16(12,13)11-6-4-10(5-7-11)15-8-14-3/h4-7,9H,8H2,1-3H3. The van der Waals surface area contributed by atoms with Crippen molar-refractivity contribution >= 4 is 9.84 Å². The fourth-order valence-electron chi connectivity index (χ4n) is 1.12. The average Bonchev–Trinajstić information content (AvgIpc) is 2.26. The van der Waals surface area contributed by atoms with Crippen molar-refractivity contribution in [3.8, 4) is 5.75 Å². The van der Waals surface area contributed by atoms with Gasteiger partial charge in [0.2, 0.25) is 0 Å². The number of hydrogen-bond acceptors (Lipinski definition) is 4. The fourth-order valence-corrected chi connectivity index (χ4v) is 2.18. The lowest BCUT2D eigenvalue weighted by Gasteiger charge is -2.09. The summed E-state index contributed by atoms with van der Waals surface area (Å²) in [5, 5.41) is -0.418. The number of ether oxygens (including phenoxy) is 2. The summed E-state index contributed by atoms with van der Waals surface area (Å²) < 4.78 is 33.5. The minimum atomic E-state index is -3.20. The van der Waals surface area contributed by atoms with Crippen LogP contribution >= 0.6 is 0 Å². The largest absolute Gasteiger partial charge is 0.468 e. The van der Waals surface area contributed by atoms with E-state index in [9.17, 15) is 8.42 Å².